The Morgan fingerprint density at radius 1 is 1.20 bits per heavy atom. The third kappa shape index (κ3) is 6.92. The van der Waals surface area contributed by atoms with Crippen LogP contribution in [0.5, 0.6) is 0 Å². The average Bonchev–Trinajstić information content (AvgIpc) is 3.63. The van der Waals surface area contributed by atoms with Gasteiger partial charge in [-0.1, -0.05) is 30.3 Å². The molecule has 1 aromatic carbocycles. The van der Waals surface area contributed by atoms with Gasteiger partial charge in [0.25, 0.3) is 0 Å². The summed E-state index contributed by atoms with van der Waals surface area (Å²) in [6, 6.07) is 6.17. The Bertz CT molecular complexity index is 1210. The Labute approximate surface area is 236 Å². The van der Waals surface area contributed by atoms with Crippen LogP contribution in [0.1, 0.15) is 53.9 Å². The number of methoxy groups -OCH3 is 1. The summed E-state index contributed by atoms with van der Waals surface area (Å²) in [7, 11) is 1.56. The number of carbonyl (C=O) groups is 5. The highest BCUT2D eigenvalue weighted by molar-refractivity contribution is 7.11. The van der Waals surface area contributed by atoms with Gasteiger partial charge in [-0.15, -0.1) is 11.3 Å². The molecule has 3 amide bonds. The van der Waals surface area contributed by atoms with Gasteiger partial charge in [0.15, 0.2) is 5.01 Å². The summed E-state index contributed by atoms with van der Waals surface area (Å²) < 4.78 is 5.10. The van der Waals surface area contributed by atoms with Crippen LogP contribution in [0, 0.1) is 0 Å². The Morgan fingerprint density at radius 2 is 1.98 bits per heavy atom. The number of aromatic nitrogens is 1. The first-order chi connectivity index (χ1) is 19.3. The first-order valence-electron chi connectivity index (χ1n) is 13.4. The van der Waals surface area contributed by atoms with E-state index in [-0.39, 0.29) is 29.7 Å². The smallest absolute Gasteiger partial charge is 0.305 e. The molecule has 2 aliphatic rings. The number of carbonyl (C=O) groups excluding carboxylic acids is 4. The van der Waals surface area contributed by atoms with Crippen LogP contribution in [0.25, 0.3) is 0 Å². The summed E-state index contributed by atoms with van der Waals surface area (Å²) in [5.74, 6) is -2.82. The van der Waals surface area contributed by atoms with Crippen LogP contribution < -0.4 is 5.32 Å². The maximum absolute atomic E-state index is 13.7. The molecule has 2 N–H and O–H groups in total. The van der Waals surface area contributed by atoms with Crippen molar-refractivity contribution in [3.63, 3.8) is 0 Å². The molecule has 0 aliphatic carbocycles. The zero-order valence-corrected chi connectivity index (χ0v) is 23.2. The average molecular weight is 571 g/mol. The Hall–Kier alpha value is -3.64. The fourth-order valence-corrected chi connectivity index (χ4v) is 6.08. The number of hydrogen-bond acceptors (Lipinski definition) is 8. The van der Waals surface area contributed by atoms with Gasteiger partial charge in [0, 0.05) is 38.3 Å². The minimum atomic E-state index is -1.20. The van der Waals surface area contributed by atoms with Crippen LogP contribution in [-0.2, 0) is 30.3 Å². The van der Waals surface area contributed by atoms with Gasteiger partial charge in [-0.2, -0.15) is 0 Å². The first kappa shape index (κ1) is 29.3. The highest BCUT2D eigenvalue weighted by atomic mass is 32.1. The van der Waals surface area contributed by atoms with Gasteiger partial charge in [0.05, 0.1) is 18.5 Å². The van der Waals surface area contributed by atoms with Crippen molar-refractivity contribution >= 4 is 40.8 Å². The van der Waals surface area contributed by atoms with Gasteiger partial charge in [-0.25, -0.2) is 4.98 Å². The standard InChI is InChI=1S/C28H34N4O7S/c1-39-14-5-8-20(25(36)27-29-13-15-40-27)30-26(37)21-11-10-19-17-31(22(16-24(34)35)28(38)32(19)21)23(33)12-9-18-6-3-2-4-7-18/h2-4,6-7,13,15,19-22H,5,8-12,14,16-17H2,1H3,(H,30,37)(H,34,35)/t19-,20?,21?,22?/m0/s1. The maximum atomic E-state index is 13.7. The largest absolute Gasteiger partial charge is 0.481 e. The molecule has 4 atom stereocenters. The molecule has 1 aromatic heterocycles. The molecule has 4 rings (SSSR count). The molecule has 0 spiro atoms. The highest BCUT2D eigenvalue weighted by Crippen LogP contribution is 2.32. The number of ketones is 1. The van der Waals surface area contributed by atoms with Gasteiger partial charge in [0.1, 0.15) is 12.1 Å². The van der Waals surface area contributed by atoms with Gasteiger partial charge in [-0.3, -0.25) is 24.0 Å². The third-order valence-electron chi connectivity index (χ3n) is 7.40. The predicted octanol–water partition coefficient (Wildman–Crippen LogP) is 1.92. The zero-order chi connectivity index (χ0) is 28.6. The van der Waals surface area contributed by atoms with Crippen LogP contribution in [-0.4, -0.2) is 93.8 Å². The topological polar surface area (TPSA) is 146 Å². The quantitative estimate of drug-likeness (QED) is 0.274. The highest BCUT2D eigenvalue weighted by Gasteiger charge is 2.50. The monoisotopic (exact) mass is 570 g/mol. The number of aryl methyl sites for hydroxylation is 1. The molecule has 11 nitrogen and oxygen atoms in total. The zero-order valence-electron chi connectivity index (χ0n) is 22.4. The molecule has 40 heavy (non-hydrogen) atoms. The number of fused-ring (bicyclic) bond motifs is 1. The SMILES string of the molecule is COCCCC(NC(=O)C1CC[C@H]2CN(C(=O)CCc3ccccc3)C(CC(=O)O)C(=O)N12)C(=O)c1nccs1. The van der Waals surface area contributed by atoms with E-state index in [2.05, 4.69) is 10.3 Å². The van der Waals surface area contributed by atoms with E-state index in [0.717, 1.165) is 5.56 Å². The van der Waals surface area contributed by atoms with E-state index in [0.29, 0.717) is 38.7 Å². The normalized spacial score (nSPS) is 21.1. The van der Waals surface area contributed by atoms with E-state index in [9.17, 15) is 29.1 Å². The third-order valence-corrected chi connectivity index (χ3v) is 8.19. The van der Waals surface area contributed by atoms with E-state index in [4.69, 9.17) is 4.74 Å². The lowest BCUT2D eigenvalue weighted by atomic mass is 10.0. The minimum absolute atomic E-state index is 0.145. The lowest BCUT2D eigenvalue weighted by Crippen LogP contribution is -2.65. The summed E-state index contributed by atoms with van der Waals surface area (Å²) in [5, 5.41) is 14.3. The Balaban J connectivity index is 1.47. The molecule has 3 heterocycles. The van der Waals surface area contributed by atoms with Crippen molar-refractivity contribution in [3.05, 3.63) is 52.5 Å². The number of hydrogen-bond donors (Lipinski definition) is 2. The van der Waals surface area contributed by atoms with Gasteiger partial charge >= 0.3 is 5.97 Å². The first-order valence-corrected chi connectivity index (χ1v) is 14.3. The number of amides is 3. The number of piperazine rings is 1. The van der Waals surface area contributed by atoms with Crippen molar-refractivity contribution in [2.24, 2.45) is 0 Å². The van der Waals surface area contributed by atoms with Crippen molar-refractivity contribution in [3.8, 4) is 0 Å². The number of carboxylic acids is 1. The summed E-state index contributed by atoms with van der Waals surface area (Å²) in [4.78, 5) is 72.0. The molecule has 2 fully saturated rings. The molecule has 3 unspecified atom stereocenters. The van der Waals surface area contributed by atoms with Crippen molar-refractivity contribution in [2.75, 3.05) is 20.3 Å². The maximum Gasteiger partial charge on any atom is 0.305 e. The summed E-state index contributed by atoms with van der Waals surface area (Å²) in [6.45, 7) is 0.578. The van der Waals surface area contributed by atoms with E-state index in [1.807, 2.05) is 30.3 Å². The molecule has 0 saturated carbocycles. The summed E-state index contributed by atoms with van der Waals surface area (Å²) in [5.41, 5.74) is 0.973. The van der Waals surface area contributed by atoms with Crippen LogP contribution >= 0.6 is 11.3 Å². The second-order valence-electron chi connectivity index (χ2n) is 10.0. The fourth-order valence-electron chi connectivity index (χ4n) is 5.45. The fraction of sp³-hybridized carbons (Fsp3) is 0.500. The molecule has 2 saturated heterocycles. The molecular formula is C28H34N4O7S. The van der Waals surface area contributed by atoms with Gasteiger partial charge < -0.3 is 25.0 Å². The summed E-state index contributed by atoms with van der Waals surface area (Å²) in [6.07, 6.45) is 3.31. The van der Waals surface area contributed by atoms with Gasteiger partial charge in [-0.05, 0) is 37.7 Å². The van der Waals surface area contributed by atoms with Crippen LogP contribution in [0.2, 0.25) is 0 Å². The van der Waals surface area contributed by atoms with E-state index in [1.54, 1.807) is 12.5 Å². The van der Waals surface area contributed by atoms with E-state index in [1.165, 1.54) is 27.3 Å². The van der Waals surface area contributed by atoms with Crippen LogP contribution in [0.15, 0.2) is 41.9 Å². The number of rotatable bonds is 13. The number of nitrogens with zero attached hydrogens (tertiary/aromatic N) is 3. The number of aliphatic carboxylic acids is 1. The minimum Gasteiger partial charge on any atom is -0.481 e. The van der Waals surface area contributed by atoms with Crippen LogP contribution in [0.3, 0.4) is 0 Å². The van der Waals surface area contributed by atoms with E-state index < -0.39 is 48.4 Å². The lowest BCUT2D eigenvalue weighted by Gasteiger charge is -2.44. The van der Waals surface area contributed by atoms with Crippen molar-refractivity contribution < 1.29 is 33.8 Å². The number of carboxylic acid groups (broad SMARTS) is 1. The van der Waals surface area contributed by atoms with Crippen molar-refractivity contribution in [1.82, 2.24) is 20.1 Å². The molecule has 2 aromatic rings. The Kier molecular flexibility index (Phi) is 9.99. The van der Waals surface area contributed by atoms with E-state index >= 15 is 0 Å². The molecule has 12 heteroatoms. The number of Topliss-reactive ketones (excluding diaryl/α,β-unsaturated/α-hetero) is 1. The summed E-state index contributed by atoms with van der Waals surface area (Å²) >= 11 is 1.19. The van der Waals surface area contributed by atoms with Crippen molar-refractivity contribution in [2.45, 2.75) is 69.1 Å². The molecule has 214 valence electrons. The lowest BCUT2D eigenvalue weighted by molar-refractivity contribution is -0.160. The van der Waals surface area contributed by atoms with Crippen LogP contribution in [0.4, 0.5) is 0 Å². The molecular weight excluding hydrogens is 536 g/mol. The second kappa shape index (κ2) is 13.6. The number of ether oxygens (including phenoxy) is 1. The number of benzene rings is 1. The molecule has 0 bridgehead atoms. The molecule has 0 radical (unpaired) electrons. The Morgan fingerprint density at radius 3 is 2.65 bits per heavy atom. The van der Waals surface area contributed by atoms with Crippen molar-refractivity contribution in [1.29, 1.82) is 0 Å². The predicted molar refractivity (Wildman–Crippen MR) is 146 cm³/mol. The molecule has 2 aliphatic heterocycles. The number of nitrogens with one attached hydrogen (secondary N) is 1. The second-order valence-corrected chi connectivity index (χ2v) is 10.9. The van der Waals surface area contributed by atoms with Gasteiger partial charge in [0.2, 0.25) is 23.5 Å². The number of thiazole rings is 1.